The Kier molecular flexibility index (Phi) is 6.97. The molecule has 3 aliphatic heterocycles. The molecule has 12 heteroatoms. The summed E-state index contributed by atoms with van der Waals surface area (Å²) >= 11 is 14.9. The van der Waals surface area contributed by atoms with Gasteiger partial charge in [-0.1, -0.05) is 11.6 Å². The predicted molar refractivity (Wildman–Crippen MR) is 177 cm³/mol. The van der Waals surface area contributed by atoms with Crippen molar-refractivity contribution >= 4 is 64.0 Å². The Balaban J connectivity index is 1.26. The number of carbonyl (C=O) groups is 5. The highest BCUT2D eigenvalue weighted by molar-refractivity contribution is 6.58. The zero-order chi connectivity index (χ0) is 34.6. The van der Waals surface area contributed by atoms with E-state index in [1.54, 1.807) is 30.3 Å². The topological polar surface area (TPSA) is 121 Å². The number of hydrogen-bond acceptors (Lipinski definition) is 7. The lowest BCUT2D eigenvalue weighted by atomic mass is 9.56. The van der Waals surface area contributed by atoms with E-state index in [0.29, 0.717) is 33.7 Å². The molecule has 2 saturated heterocycles. The van der Waals surface area contributed by atoms with E-state index >= 15 is 0 Å². The van der Waals surface area contributed by atoms with Crippen LogP contribution >= 0.6 is 23.2 Å². The highest BCUT2D eigenvalue weighted by Gasteiger charge is 2.77. The molecule has 248 valence electrons. The Morgan fingerprint density at radius 1 is 0.898 bits per heavy atom. The minimum Gasteiger partial charge on any atom is -0.508 e. The SMILES string of the molecule is CC(=O)c1ccc(N2C(=O)C3CC=C4C(CC5(Cl)C(=O)N(c6ccc(F)cc6)C(=O)C5(Cl)C4C4=COc5ccc(O)cc5C4)C3C2=O)cc1. The molecule has 3 aromatic carbocycles. The van der Waals surface area contributed by atoms with Crippen molar-refractivity contribution in [3.63, 3.8) is 0 Å². The number of nitrogens with zero attached hydrogens (tertiary/aromatic N) is 2. The number of carbonyl (C=O) groups excluding carboxylic acids is 5. The fourth-order valence-corrected chi connectivity index (χ4v) is 9.26. The molecular weight excluding hydrogens is 674 g/mol. The molecule has 6 unspecified atom stereocenters. The molecule has 3 fully saturated rings. The summed E-state index contributed by atoms with van der Waals surface area (Å²) < 4.78 is 19.9. The monoisotopic (exact) mass is 700 g/mol. The van der Waals surface area contributed by atoms with Crippen molar-refractivity contribution in [2.24, 2.45) is 23.7 Å². The number of phenols is 1. The van der Waals surface area contributed by atoms with Crippen LogP contribution in [0.15, 0.2) is 90.2 Å². The van der Waals surface area contributed by atoms with Gasteiger partial charge in [0.05, 0.1) is 29.5 Å². The number of anilines is 2. The second-order valence-electron chi connectivity index (χ2n) is 13.1. The summed E-state index contributed by atoms with van der Waals surface area (Å²) in [4.78, 5) is 66.8. The zero-order valence-corrected chi connectivity index (χ0v) is 27.4. The highest BCUT2D eigenvalue weighted by atomic mass is 35.5. The van der Waals surface area contributed by atoms with Crippen molar-refractivity contribution in [3.05, 3.63) is 107 Å². The van der Waals surface area contributed by atoms with E-state index in [4.69, 9.17) is 27.9 Å². The van der Waals surface area contributed by atoms with Crippen LogP contribution in [0.5, 0.6) is 11.5 Å². The standard InChI is InChI=1S/C37H27Cl2FN2O7/c1-18(43)19-2-6-23(7-3-19)41-32(45)27-12-11-26-28(30(27)33(41)46)16-36(38)34(47)42(24-8-4-22(40)5-9-24)35(48)37(36,39)31(26)21-14-20-15-25(44)10-13-29(20)49-17-21/h2-11,13,15,17,27-28,30-31,44H,12,14,16H2,1H3. The van der Waals surface area contributed by atoms with E-state index in [9.17, 15) is 33.5 Å². The second-order valence-corrected chi connectivity index (χ2v) is 14.4. The van der Waals surface area contributed by atoms with E-state index in [1.807, 2.05) is 6.08 Å². The first kappa shape index (κ1) is 31.5. The molecule has 2 aliphatic carbocycles. The zero-order valence-electron chi connectivity index (χ0n) is 25.9. The first-order valence-electron chi connectivity index (χ1n) is 15.7. The van der Waals surface area contributed by atoms with Crippen molar-refractivity contribution in [1.82, 2.24) is 0 Å². The Morgan fingerprint density at radius 2 is 1.57 bits per heavy atom. The third-order valence-electron chi connectivity index (χ3n) is 10.6. The maximum Gasteiger partial charge on any atom is 0.258 e. The van der Waals surface area contributed by atoms with Crippen LogP contribution < -0.4 is 14.5 Å². The summed E-state index contributed by atoms with van der Waals surface area (Å²) in [5.74, 6) is -6.33. The van der Waals surface area contributed by atoms with Crippen LogP contribution in [-0.4, -0.2) is 44.3 Å². The quantitative estimate of drug-likeness (QED) is 0.157. The lowest BCUT2D eigenvalue weighted by molar-refractivity contribution is -0.125. The van der Waals surface area contributed by atoms with Gasteiger partial charge in [-0.3, -0.25) is 28.9 Å². The van der Waals surface area contributed by atoms with Crippen LogP contribution in [0.1, 0.15) is 35.7 Å². The number of rotatable bonds is 4. The fraction of sp³-hybridized carbons (Fsp3) is 0.270. The Labute approximate surface area is 289 Å². The molecule has 49 heavy (non-hydrogen) atoms. The Hall–Kier alpha value is -4.80. The molecule has 8 rings (SSSR count). The number of fused-ring (bicyclic) bond motifs is 5. The molecule has 4 amide bonds. The van der Waals surface area contributed by atoms with Crippen LogP contribution in [0, 0.1) is 29.5 Å². The molecule has 1 saturated carbocycles. The number of benzene rings is 3. The number of ether oxygens (including phenoxy) is 1. The number of hydrogen-bond donors (Lipinski definition) is 1. The van der Waals surface area contributed by atoms with Crippen molar-refractivity contribution in [2.75, 3.05) is 9.80 Å². The van der Waals surface area contributed by atoms with Crippen LogP contribution in [0.2, 0.25) is 0 Å². The highest BCUT2D eigenvalue weighted by Crippen LogP contribution is 2.65. The van der Waals surface area contributed by atoms with Crippen molar-refractivity contribution in [1.29, 1.82) is 0 Å². The molecule has 3 heterocycles. The first-order chi connectivity index (χ1) is 23.3. The van der Waals surface area contributed by atoms with Gasteiger partial charge in [0.25, 0.3) is 11.8 Å². The van der Waals surface area contributed by atoms with E-state index in [-0.39, 0.29) is 36.5 Å². The maximum absolute atomic E-state index is 14.6. The molecule has 3 aromatic rings. The van der Waals surface area contributed by atoms with E-state index in [1.165, 1.54) is 37.5 Å². The summed E-state index contributed by atoms with van der Waals surface area (Å²) in [5.41, 5.74) is 2.50. The van der Waals surface area contributed by atoms with Crippen LogP contribution in [0.3, 0.4) is 0 Å². The third-order valence-corrected chi connectivity index (χ3v) is 12.0. The molecule has 0 radical (unpaired) electrons. The number of halogens is 3. The van der Waals surface area contributed by atoms with E-state index in [2.05, 4.69) is 0 Å². The van der Waals surface area contributed by atoms with E-state index in [0.717, 1.165) is 21.9 Å². The van der Waals surface area contributed by atoms with E-state index < -0.39 is 62.9 Å². The number of aromatic hydroxyl groups is 1. The van der Waals surface area contributed by atoms with Crippen molar-refractivity contribution in [3.8, 4) is 11.5 Å². The van der Waals surface area contributed by atoms with Crippen molar-refractivity contribution in [2.45, 2.75) is 35.9 Å². The van der Waals surface area contributed by atoms with Gasteiger partial charge in [0, 0.05) is 23.5 Å². The minimum absolute atomic E-state index is 0.00165. The number of ketones is 1. The lowest BCUT2D eigenvalue weighted by Gasteiger charge is -2.51. The van der Waals surface area contributed by atoms with Gasteiger partial charge in [-0.05, 0) is 98.0 Å². The third kappa shape index (κ3) is 4.33. The average molecular weight is 702 g/mol. The molecule has 9 nitrogen and oxygen atoms in total. The molecular formula is C37H27Cl2FN2O7. The van der Waals surface area contributed by atoms with Crippen LogP contribution in [0.4, 0.5) is 15.8 Å². The molecule has 1 N–H and O–H groups in total. The largest absolute Gasteiger partial charge is 0.508 e. The smallest absolute Gasteiger partial charge is 0.258 e. The summed E-state index contributed by atoms with van der Waals surface area (Å²) in [6, 6.07) is 15.6. The average Bonchev–Trinajstić information content (AvgIpc) is 3.42. The van der Waals surface area contributed by atoms with Crippen LogP contribution in [0.25, 0.3) is 0 Å². The van der Waals surface area contributed by atoms with Gasteiger partial charge < -0.3 is 9.84 Å². The van der Waals surface area contributed by atoms with Gasteiger partial charge in [0.2, 0.25) is 11.8 Å². The summed E-state index contributed by atoms with van der Waals surface area (Å²) in [5, 5.41) is 10.2. The van der Waals surface area contributed by atoms with Gasteiger partial charge in [-0.15, -0.1) is 23.2 Å². The summed E-state index contributed by atoms with van der Waals surface area (Å²) in [6.45, 7) is 1.42. The number of allylic oxidation sites excluding steroid dienone is 3. The molecule has 0 spiro atoms. The normalized spacial score (nSPS) is 30.2. The number of phenolic OH excluding ortho intramolecular Hbond substituents is 1. The Morgan fingerprint density at radius 3 is 2.27 bits per heavy atom. The minimum atomic E-state index is -2.10. The van der Waals surface area contributed by atoms with Gasteiger partial charge in [-0.25, -0.2) is 9.29 Å². The maximum atomic E-state index is 14.6. The fourth-order valence-electron chi connectivity index (χ4n) is 8.31. The number of amides is 4. The Bertz CT molecular complexity index is 2080. The molecule has 0 aromatic heterocycles. The van der Waals surface area contributed by atoms with Crippen molar-refractivity contribution < 1.29 is 38.2 Å². The molecule has 0 bridgehead atoms. The predicted octanol–water partition coefficient (Wildman–Crippen LogP) is 5.85. The lowest BCUT2D eigenvalue weighted by Crippen LogP contribution is -2.61. The number of Topliss-reactive ketones (excluding diaryl/α,β-unsaturated/α-hetero) is 1. The van der Waals surface area contributed by atoms with Crippen LogP contribution in [-0.2, 0) is 25.6 Å². The first-order valence-corrected chi connectivity index (χ1v) is 16.5. The summed E-state index contributed by atoms with van der Waals surface area (Å²) in [7, 11) is 0. The molecule has 5 aliphatic rings. The molecule has 6 atom stereocenters. The number of alkyl halides is 2. The van der Waals surface area contributed by atoms with Gasteiger partial charge >= 0.3 is 0 Å². The van der Waals surface area contributed by atoms with Gasteiger partial charge in [0.1, 0.15) is 17.3 Å². The summed E-state index contributed by atoms with van der Waals surface area (Å²) in [6.07, 6.45) is 3.39. The number of imide groups is 2. The van der Waals surface area contributed by atoms with Gasteiger partial charge in [-0.2, -0.15) is 0 Å². The second kappa shape index (κ2) is 10.9. The van der Waals surface area contributed by atoms with Gasteiger partial charge in [0.15, 0.2) is 15.5 Å².